The SMILES string of the molecule is COC(=O)[C@@H](Cc1cccc(OCc2ccccc2)c1)NC(=O)[C@H](NC(=O)OCc1ccccc1)C(C)C. The van der Waals surface area contributed by atoms with Crippen molar-refractivity contribution in [2.75, 3.05) is 7.11 Å². The van der Waals surface area contributed by atoms with E-state index < -0.39 is 30.1 Å². The molecule has 8 nitrogen and oxygen atoms in total. The van der Waals surface area contributed by atoms with Gasteiger partial charge in [0.05, 0.1) is 7.11 Å². The first-order chi connectivity index (χ1) is 18.4. The first kappa shape index (κ1) is 28.2. The Morgan fingerprint density at radius 1 is 0.763 bits per heavy atom. The lowest BCUT2D eigenvalue weighted by Gasteiger charge is -2.24. The van der Waals surface area contributed by atoms with Gasteiger partial charge in [-0.2, -0.15) is 0 Å². The van der Waals surface area contributed by atoms with Crippen molar-refractivity contribution in [3.8, 4) is 5.75 Å². The molecule has 8 heteroatoms. The van der Waals surface area contributed by atoms with Crippen LogP contribution in [0.3, 0.4) is 0 Å². The largest absolute Gasteiger partial charge is 0.489 e. The van der Waals surface area contributed by atoms with Crippen LogP contribution in [0.1, 0.15) is 30.5 Å². The monoisotopic (exact) mass is 518 g/mol. The summed E-state index contributed by atoms with van der Waals surface area (Å²) in [5.74, 6) is -0.719. The zero-order chi connectivity index (χ0) is 27.3. The Kier molecular flexibility index (Phi) is 10.7. The Bertz CT molecular complexity index is 1180. The van der Waals surface area contributed by atoms with E-state index in [4.69, 9.17) is 14.2 Å². The summed E-state index contributed by atoms with van der Waals surface area (Å²) in [6, 6.07) is 24.5. The highest BCUT2D eigenvalue weighted by atomic mass is 16.5. The predicted molar refractivity (Wildman–Crippen MR) is 143 cm³/mol. The third kappa shape index (κ3) is 8.96. The Morgan fingerprint density at radius 2 is 1.37 bits per heavy atom. The lowest BCUT2D eigenvalue weighted by molar-refractivity contribution is -0.145. The summed E-state index contributed by atoms with van der Waals surface area (Å²) < 4.78 is 16.1. The van der Waals surface area contributed by atoms with Gasteiger partial charge in [-0.25, -0.2) is 9.59 Å². The minimum absolute atomic E-state index is 0.0760. The maximum atomic E-state index is 13.1. The Morgan fingerprint density at radius 3 is 1.97 bits per heavy atom. The zero-order valence-electron chi connectivity index (χ0n) is 21.9. The zero-order valence-corrected chi connectivity index (χ0v) is 21.9. The van der Waals surface area contributed by atoms with Crippen LogP contribution in [0.5, 0.6) is 5.75 Å². The highest BCUT2D eigenvalue weighted by molar-refractivity contribution is 5.90. The smallest absolute Gasteiger partial charge is 0.408 e. The van der Waals surface area contributed by atoms with Crippen molar-refractivity contribution in [2.45, 2.75) is 45.6 Å². The van der Waals surface area contributed by atoms with Gasteiger partial charge in [-0.15, -0.1) is 0 Å². The minimum atomic E-state index is -0.958. The van der Waals surface area contributed by atoms with Gasteiger partial charge < -0.3 is 24.8 Å². The average molecular weight is 519 g/mol. The van der Waals surface area contributed by atoms with Crippen LogP contribution in [-0.4, -0.2) is 37.2 Å². The molecule has 0 aromatic heterocycles. The second kappa shape index (κ2) is 14.4. The summed E-state index contributed by atoms with van der Waals surface area (Å²) in [6.45, 7) is 4.07. The summed E-state index contributed by atoms with van der Waals surface area (Å²) in [6.07, 6.45) is -0.537. The second-order valence-corrected chi connectivity index (χ2v) is 9.14. The highest BCUT2D eigenvalue weighted by Gasteiger charge is 2.30. The molecule has 3 rings (SSSR count). The molecule has 3 aromatic carbocycles. The first-order valence-corrected chi connectivity index (χ1v) is 12.5. The van der Waals surface area contributed by atoms with Gasteiger partial charge in [0.2, 0.25) is 5.91 Å². The van der Waals surface area contributed by atoms with Gasteiger partial charge in [-0.1, -0.05) is 86.6 Å². The molecule has 0 spiro atoms. The molecule has 2 amide bonds. The molecule has 0 fully saturated rings. The van der Waals surface area contributed by atoms with Crippen LogP contribution in [0.4, 0.5) is 4.79 Å². The number of carbonyl (C=O) groups is 3. The second-order valence-electron chi connectivity index (χ2n) is 9.14. The number of hydrogen-bond acceptors (Lipinski definition) is 6. The lowest BCUT2D eigenvalue weighted by atomic mass is 10.0. The summed E-state index contributed by atoms with van der Waals surface area (Å²) in [7, 11) is 1.26. The van der Waals surface area contributed by atoms with Crippen LogP contribution in [0.15, 0.2) is 84.9 Å². The topological polar surface area (TPSA) is 103 Å². The molecule has 0 radical (unpaired) electrons. The van der Waals surface area contributed by atoms with Crippen LogP contribution in [-0.2, 0) is 38.7 Å². The first-order valence-electron chi connectivity index (χ1n) is 12.5. The number of methoxy groups -OCH3 is 1. The molecular weight excluding hydrogens is 484 g/mol. The van der Waals surface area contributed by atoms with E-state index in [0.29, 0.717) is 12.4 Å². The van der Waals surface area contributed by atoms with Gasteiger partial charge in [0.25, 0.3) is 0 Å². The minimum Gasteiger partial charge on any atom is -0.489 e. The van der Waals surface area contributed by atoms with Gasteiger partial charge in [0, 0.05) is 6.42 Å². The number of amides is 2. The molecule has 0 unspecified atom stereocenters. The number of ether oxygens (including phenoxy) is 3. The maximum Gasteiger partial charge on any atom is 0.408 e. The molecule has 0 heterocycles. The average Bonchev–Trinajstić information content (AvgIpc) is 2.94. The van der Waals surface area contributed by atoms with Crippen LogP contribution < -0.4 is 15.4 Å². The van der Waals surface area contributed by atoms with Crippen molar-refractivity contribution in [2.24, 2.45) is 5.92 Å². The Balaban J connectivity index is 1.61. The molecule has 0 bridgehead atoms. The number of esters is 1. The van der Waals surface area contributed by atoms with Crippen molar-refractivity contribution >= 4 is 18.0 Å². The van der Waals surface area contributed by atoms with Crippen molar-refractivity contribution < 1.29 is 28.6 Å². The molecule has 38 heavy (non-hydrogen) atoms. The number of nitrogens with one attached hydrogen (secondary N) is 2. The summed E-state index contributed by atoms with van der Waals surface area (Å²) >= 11 is 0. The fourth-order valence-corrected chi connectivity index (χ4v) is 3.76. The van der Waals surface area contributed by atoms with Gasteiger partial charge in [-0.3, -0.25) is 4.79 Å². The standard InChI is InChI=1S/C30H34N2O6/c1-21(2)27(32-30(35)38-20-23-13-8-5-9-14-23)28(33)31-26(29(34)36-3)18-24-15-10-16-25(17-24)37-19-22-11-6-4-7-12-22/h4-17,21,26-27H,18-20H2,1-3H3,(H,31,33)(H,32,35)/t26-,27-/m1/s1. The maximum absolute atomic E-state index is 13.1. The molecule has 200 valence electrons. The summed E-state index contributed by atoms with van der Waals surface area (Å²) in [4.78, 5) is 38.1. The normalized spacial score (nSPS) is 12.2. The van der Waals surface area contributed by atoms with E-state index in [2.05, 4.69) is 10.6 Å². The summed E-state index contributed by atoms with van der Waals surface area (Å²) in [5, 5.41) is 5.34. The number of carbonyl (C=O) groups excluding carboxylic acids is 3. The van der Waals surface area contributed by atoms with Crippen LogP contribution in [0.2, 0.25) is 0 Å². The van der Waals surface area contributed by atoms with Crippen LogP contribution in [0, 0.1) is 5.92 Å². The molecule has 0 aliphatic rings. The van der Waals surface area contributed by atoms with Crippen molar-refractivity contribution in [3.05, 3.63) is 102 Å². The number of rotatable bonds is 12. The molecule has 3 aromatic rings. The predicted octanol–water partition coefficient (Wildman–Crippen LogP) is 4.42. The third-order valence-electron chi connectivity index (χ3n) is 5.82. The quantitative estimate of drug-likeness (QED) is 0.344. The molecule has 0 aliphatic heterocycles. The van der Waals surface area contributed by atoms with E-state index in [-0.39, 0.29) is 18.9 Å². The molecule has 0 saturated heterocycles. The Labute approximate surface area is 223 Å². The summed E-state index contributed by atoms with van der Waals surface area (Å²) in [5.41, 5.74) is 2.64. The molecule has 0 aliphatic carbocycles. The molecule has 2 N–H and O–H groups in total. The van der Waals surface area contributed by atoms with E-state index in [0.717, 1.165) is 16.7 Å². The van der Waals surface area contributed by atoms with E-state index in [1.165, 1.54) is 7.11 Å². The van der Waals surface area contributed by atoms with E-state index in [1.807, 2.05) is 84.9 Å². The van der Waals surface area contributed by atoms with Crippen molar-refractivity contribution in [1.29, 1.82) is 0 Å². The van der Waals surface area contributed by atoms with Crippen LogP contribution in [0.25, 0.3) is 0 Å². The van der Waals surface area contributed by atoms with Gasteiger partial charge in [0.1, 0.15) is 31.0 Å². The molecule has 0 saturated carbocycles. The fraction of sp³-hybridized carbons (Fsp3) is 0.300. The van der Waals surface area contributed by atoms with Crippen LogP contribution >= 0.6 is 0 Å². The lowest BCUT2D eigenvalue weighted by Crippen LogP contribution is -2.54. The van der Waals surface area contributed by atoms with Gasteiger partial charge in [-0.05, 0) is 34.7 Å². The molecular formula is C30H34N2O6. The van der Waals surface area contributed by atoms with Gasteiger partial charge in [0.15, 0.2) is 0 Å². The van der Waals surface area contributed by atoms with Crippen molar-refractivity contribution in [1.82, 2.24) is 10.6 Å². The number of hydrogen-bond donors (Lipinski definition) is 2. The highest BCUT2D eigenvalue weighted by Crippen LogP contribution is 2.17. The number of benzene rings is 3. The van der Waals surface area contributed by atoms with Crippen molar-refractivity contribution in [3.63, 3.8) is 0 Å². The van der Waals surface area contributed by atoms with E-state index in [1.54, 1.807) is 13.8 Å². The Hall–Kier alpha value is -4.33. The van der Waals surface area contributed by atoms with E-state index >= 15 is 0 Å². The van der Waals surface area contributed by atoms with Gasteiger partial charge >= 0.3 is 12.1 Å². The fourth-order valence-electron chi connectivity index (χ4n) is 3.76. The van der Waals surface area contributed by atoms with E-state index in [9.17, 15) is 14.4 Å². The number of alkyl carbamates (subject to hydrolysis) is 1. The molecule has 2 atom stereocenters. The third-order valence-corrected chi connectivity index (χ3v) is 5.82.